The Bertz CT molecular complexity index is 331. The maximum atomic E-state index is 12.4. The van der Waals surface area contributed by atoms with Crippen LogP contribution >= 0.6 is 0 Å². The predicted molar refractivity (Wildman–Crippen MR) is 106 cm³/mol. The van der Waals surface area contributed by atoms with Crippen LogP contribution in [0.15, 0.2) is 0 Å². The molecule has 1 amide bonds. The van der Waals surface area contributed by atoms with Crippen molar-refractivity contribution in [3.8, 4) is 0 Å². The van der Waals surface area contributed by atoms with Crippen molar-refractivity contribution in [2.75, 3.05) is 33.4 Å². The smallest absolute Gasteiger partial charge is 0.331 e. The van der Waals surface area contributed by atoms with E-state index >= 15 is 0 Å². The molecule has 154 valence electrons. The lowest BCUT2D eigenvalue weighted by molar-refractivity contribution is -0.148. The second-order valence-electron chi connectivity index (χ2n) is 6.99. The fourth-order valence-electron chi connectivity index (χ4n) is 2.90. The number of methoxy groups -OCH3 is 1. The van der Waals surface area contributed by atoms with Crippen LogP contribution in [0.3, 0.4) is 0 Å². The summed E-state index contributed by atoms with van der Waals surface area (Å²) in [6, 6.07) is 0. The van der Waals surface area contributed by atoms with Crippen LogP contribution in [-0.2, 0) is 19.1 Å². The van der Waals surface area contributed by atoms with Crippen LogP contribution in [-0.4, -0.2) is 50.2 Å². The first-order chi connectivity index (χ1) is 12.7. The van der Waals surface area contributed by atoms with Crippen LogP contribution in [0.5, 0.6) is 0 Å². The van der Waals surface area contributed by atoms with Crippen LogP contribution < -0.4 is 0 Å². The number of esters is 1. The zero-order valence-corrected chi connectivity index (χ0v) is 17.4. The zero-order chi connectivity index (χ0) is 19.5. The third-order valence-corrected chi connectivity index (χ3v) is 4.59. The molecule has 0 spiro atoms. The van der Waals surface area contributed by atoms with Gasteiger partial charge < -0.3 is 14.4 Å². The van der Waals surface area contributed by atoms with Crippen LogP contribution in [0, 0.1) is 0 Å². The number of carbonyl (C=O) groups is 2. The molecule has 0 heterocycles. The average Bonchev–Trinajstić information content (AvgIpc) is 2.65. The van der Waals surface area contributed by atoms with E-state index in [2.05, 4.69) is 18.6 Å². The van der Waals surface area contributed by atoms with E-state index in [4.69, 9.17) is 4.74 Å². The van der Waals surface area contributed by atoms with Crippen LogP contribution in [0.1, 0.15) is 90.9 Å². The van der Waals surface area contributed by atoms with Crippen LogP contribution in [0.25, 0.3) is 0 Å². The lowest BCUT2D eigenvalue weighted by Crippen LogP contribution is -2.36. The van der Waals surface area contributed by atoms with E-state index in [0.717, 1.165) is 25.9 Å². The fourth-order valence-corrected chi connectivity index (χ4v) is 2.90. The Hall–Kier alpha value is -1.10. The van der Waals surface area contributed by atoms with Gasteiger partial charge in [-0.3, -0.25) is 4.79 Å². The standard InChI is InChI=1S/C21H41NO4/c1-4-6-8-10-12-14-16-22(17-15-13-11-9-7-5-2)20(23)18-26-19-21(24)25-3/h4-19H2,1-3H3. The van der Waals surface area contributed by atoms with Gasteiger partial charge in [-0.15, -0.1) is 0 Å². The first kappa shape index (κ1) is 24.9. The van der Waals surface area contributed by atoms with Crippen LogP contribution in [0.2, 0.25) is 0 Å². The van der Waals surface area contributed by atoms with Gasteiger partial charge in [0.25, 0.3) is 0 Å². The Kier molecular flexibility index (Phi) is 17.9. The Labute approximate surface area is 160 Å². The van der Waals surface area contributed by atoms with E-state index < -0.39 is 5.97 Å². The number of hydrogen-bond acceptors (Lipinski definition) is 4. The zero-order valence-electron chi connectivity index (χ0n) is 17.4. The summed E-state index contributed by atoms with van der Waals surface area (Å²) in [6.07, 6.45) is 14.6. The molecule has 0 saturated heterocycles. The van der Waals surface area contributed by atoms with Gasteiger partial charge in [-0.1, -0.05) is 78.1 Å². The van der Waals surface area contributed by atoms with Crippen molar-refractivity contribution in [2.45, 2.75) is 90.9 Å². The maximum Gasteiger partial charge on any atom is 0.331 e. The highest BCUT2D eigenvalue weighted by molar-refractivity contribution is 5.78. The van der Waals surface area contributed by atoms with Crippen molar-refractivity contribution in [1.82, 2.24) is 4.90 Å². The Morgan fingerprint density at radius 2 is 1.15 bits per heavy atom. The minimum Gasteiger partial charge on any atom is -0.467 e. The molecule has 0 N–H and O–H groups in total. The highest BCUT2D eigenvalue weighted by Crippen LogP contribution is 2.09. The summed E-state index contributed by atoms with van der Waals surface area (Å²) in [4.78, 5) is 25.4. The van der Waals surface area contributed by atoms with Crippen molar-refractivity contribution < 1.29 is 19.1 Å². The molecule has 0 aliphatic rings. The number of nitrogens with zero attached hydrogens (tertiary/aromatic N) is 1. The molecular formula is C21H41NO4. The molecule has 0 fully saturated rings. The summed E-state index contributed by atoms with van der Waals surface area (Å²) in [5.74, 6) is -0.466. The van der Waals surface area contributed by atoms with Crippen molar-refractivity contribution in [2.24, 2.45) is 0 Å². The molecule has 5 heteroatoms. The van der Waals surface area contributed by atoms with E-state index in [-0.39, 0.29) is 19.1 Å². The van der Waals surface area contributed by atoms with Gasteiger partial charge in [-0.25, -0.2) is 4.79 Å². The van der Waals surface area contributed by atoms with Crippen LogP contribution in [0.4, 0.5) is 0 Å². The largest absolute Gasteiger partial charge is 0.467 e. The normalized spacial score (nSPS) is 10.7. The van der Waals surface area contributed by atoms with Crippen molar-refractivity contribution >= 4 is 11.9 Å². The molecule has 5 nitrogen and oxygen atoms in total. The number of amides is 1. The fraction of sp³-hybridized carbons (Fsp3) is 0.905. The average molecular weight is 372 g/mol. The summed E-state index contributed by atoms with van der Waals surface area (Å²) >= 11 is 0. The molecule has 0 aromatic rings. The highest BCUT2D eigenvalue weighted by Gasteiger charge is 2.14. The molecule has 0 bridgehead atoms. The number of ether oxygens (including phenoxy) is 2. The number of hydrogen-bond donors (Lipinski definition) is 0. The lowest BCUT2D eigenvalue weighted by atomic mass is 10.1. The summed E-state index contributed by atoms with van der Waals surface area (Å²) in [7, 11) is 1.32. The Morgan fingerprint density at radius 3 is 1.62 bits per heavy atom. The number of unbranched alkanes of at least 4 members (excludes halogenated alkanes) is 10. The molecule has 0 saturated carbocycles. The van der Waals surface area contributed by atoms with Crippen molar-refractivity contribution in [3.63, 3.8) is 0 Å². The van der Waals surface area contributed by atoms with Gasteiger partial charge in [0.2, 0.25) is 5.91 Å². The maximum absolute atomic E-state index is 12.4. The topological polar surface area (TPSA) is 55.8 Å². The minimum atomic E-state index is -0.448. The van der Waals surface area contributed by atoms with Gasteiger partial charge in [-0.05, 0) is 12.8 Å². The Balaban J connectivity index is 4.11. The molecule has 0 rings (SSSR count). The lowest BCUT2D eigenvalue weighted by Gasteiger charge is -2.23. The third-order valence-electron chi connectivity index (χ3n) is 4.59. The summed E-state index contributed by atoms with van der Waals surface area (Å²) < 4.78 is 9.71. The summed E-state index contributed by atoms with van der Waals surface area (Å²) in [5, 5.41) is 0. The summed E-state index contributed by atoms with van der Waals surface area (Å²) in [6.45, 7) is 5.82. The number of rotatable bonds is 18. The van der Waals surface area contributed by atoms with Gasteiger partial charge in [0.15, 0.2) is 0 Å². The Morgan fingerprint density at radius 1 is 0.692 bits per heavy atom. The van der Waals surface area contributed by atoms with E-state index in [1.54, 1.807) is 0 Å². The molecule has 26 heavy (non-hydrogen) atoms. The van der Waals surface area contributed by atoms with Gasteiger partial charge >= 0.3 is 5.97 Å². The molecule has 0 aromatic heterocycles. The van der Waals surface area contributed by atoms with Gasteiger partial charge in [0.1, 0.15) is 13.2 Å². The molecular weight excluding hydrogens is 330 g/mol. The minimum absolute atomic E-state index is 0.0176. The molecule has 0 unspecified atom stereocenters. The first-order valence-corrected chi connectivity index (χ1v) is 10.6. The molecule has 0 aliphatic heterocycles. The van der Waals surface area contributed by atoms with Crippen molar-refractivity contribution in [3.05, 3.63) is 0 Å². The van der Waals surface area contributed by atoms with Gasteiger partial charge in [0.05, 0.1) is 7.11 Å². The second kappa shape index (κ2) is 18.7. The van der Waals surface area contributed by atoms with E-state index in [1.807, 2.05) is 4.90 Å². The molecule has 0 radical (unpaired) electrons. The molecule has 0 aliphatic carbocycles. The van der Waals surface area contributed by atoms with Crippen molar-refractivity contribution in [1.29, 1.82) is 0 Å². The second-order valence-corrected chi connectivity index (χ2v) is 6.99. The summed E-state index contributed by atoms with van der Waals surface area (Å²) in [5.41, 5.74) is 0. The highest BCUT2D eigenvalue weighted by atomic mass is 16.6. The van der Waals surface area contributed by atoms with Gasteiger partial charge in [0, 0.05) is 13.1 Å². The number of carbonyl (C=O) groups excluding carboxylic acids is 2. The quantitative estimate of drug-likeness (QED) is 0.258. The SMILES string of the molecule is CCCCCCCCN(CCCCCCCC)C(=O)COCC(=O)OC. The third kappa shape index (κ3) is 15.2. The monoisotopic (exact) mass is 371 g/mol. The molecule has 0 atom stereocenters. The predicted octanol–water partition coefficient (Wildman–Crippen LogP) is 4.73. The van der Waals surface area contributed by atoms with Gasteiger partial charge in [-0.2, -0.15) is 0 Å². The van der Waals surface area contributed by atoms with E-state index in [0.29, 0.717) is 0 Å². The molecule has 0 aromatic carbocycles. The van der Waals surface area contributed by atoms with E-state index in [1.165, 1.54) is 71.3 Å². The van der Waals surface area contributed by atoms with E-state index in [9.17, 15) is 9.59 Å². The first-order valence-electron chi connectivity index (χ1n) is 10.6.